The lowest BCUT2D eigenvalue weighted by Gasteiger charge is -2.04. The van der Waals surface area contributed by atoms with Crippen molar-refractivity contribution in [3.8, 4) is 5.75 Å². The van der Waals surface area contributed by atoms with Crippen LogP contribution in [0.4, 0.5) is 0 Å². The van der Waals surface area contributed by atoms with E-state index in [1.54, 1.807) is 4.68 Å². The third-order valence-corrected chi connectivity index (χ3v) is 4.97. The summed E-state index contributed by atoms with van der Waals surface area (Å²) in [5.41, 5.74) is 2.49. The molecule has 0 atom stereocenters. The number of aromatic nitrogens is 2. The molecule has 30 heavy (non-hydrogen) atoms. The van der Waals surface area contributed by atoms with Gasteiger partial charge in [-0.1, -0.05) is 41.9 Å². The molecule has 0 spiro atoms. The quantitative estimate of drug-likeness (QED) is 0.462. The van der Waals surface area contributed by atoms with Gasteiger partial charge in [-0.05, 0) is 48.0 Å². The minimum Gasteiger partial charge on any atom is -0.508 e. The first kappa shape index (κ1) is 19.7. The van der Waals surface area contributed by atoms with Crippen LogP contribution < -0.4 is 5.32 Å². The number of aromatic hydroxyl groups is 1. The highest BCUT2D eigenvalue weighted by Crippen LogP contribution is 2.20. The summed E-state index contributed by atoms with van der Waals surface area (Å²) in [6.45, 7) is 0.319. The number of benzene rings is 3. The first-order chi connectivity index (χ1) is 14.5. The summed E-state index contributed by atoms with van der Waals surface area (Å²) in [5.74, 6) is -0.602. The summed E-state index contributed by atoms with van der Waals surface area (Å²) in [5, 5.41) is 17.8. The summed E-state index contributed by atoms with van der Waals surface area (Å²) < 4.78 is 1.76. The number of fused-ring (bicyclic) bond motifs is 1. The van der Waals surface area contributed by atoms with Gasteiger partial charge in [-0.25, -0.2) is 0 Å². The van der Waals surface area contributed by atoms with Crippen molar-refractivity contribution < 1.29 is 14.7 Å². The van der Waals surface area contributed by atoms with Gasteiger partial charge in [0.05, 0.1) is 18.6 Å². The molecule has 1 amide bonds. The third kappa shape index (κ3) is 4.18. The Morgan fingerprint density at radius 2 is 1.67 bits per heavy atom. The van der Waals surface area contributed by atoms with Crippen LogP contribution in [-0.4, -0.2) is 33.1 Å². The van der Waals surface area contributed by atoms with E-state index in [2.05, 4.69) is 10.4 Å². The van der Waals surface area contributed by atoms with Crippen LogP contribution in [-0.2, 0) is 6.54 Å². The number of ketones is 1. The molecule has 3 aromatic carbocycles. The zero-order chi connectivity index (χ0) is 21.1. The molecule has 0 radical (unpaired) electrons. The van der Waals surface area contributed by atoms with Crippen LogP contribution in [0.3, 0.4) is 0 Å². The largest absolute Gasteiger partial charge is 0.508 e. The molecule has 0 fully saturated rings. The van der Waals surface area contributed by atoms with Gasteiger partial charge in [-0.3, -0.25) is 14.3 Å². The molecule has 0 saturated carbocycles. The van der Waals surface area contributed by atoms with Crippen LogP contribution in [0.5, 0.6) is 5.75 Å². The zero-order valence-electron chi connectivity index (χ0n) is 15.9. The van der Waals surface area contributed by atoms with Crippen LogP contribution in [0.2, 0.25) is 5.02 Å². The highest BCUT2D eigenvalue weighted by molar-refractivity contribution is 6.30. The second kappa shape index (κ2) is 8.39. The lowest BCUT2D eigenvalue weighted by molar-refractivity contribution is 0.0901. The van der Waals surface area contributed by atoms with E-state index in [1.165, 1.54) is 24.3 Å². The minimum atomic E-state index is -0.423. The van der Waals surface area contributed by atoms with Gasteiger partial charge in [0.15, 0.2) is 11.5 Å². The van der Waals surface area contributed by atoms with Crippen molar-refractivity contribution in [1.82, 2.24) is 15.1 Å². The van der Waals surface area contributed by atoms with E-state index in [0.29, 0.717) is 22.5 Å². The topological polar surface area (TPSA) is 84.2 Å². The summed E-state index contributed by atoms with van der Waals surface area (Å²) in [7, 11) is 0. The first-order valence-electron chi connectivity index (χ1n) is 9.32. The van der Waals surface area contributed by atoms with E-state index in [9.17, 15) is 14.7 Å². The van der Waals surface area contributed by atoms with Crippen molar-refractivity contribution in [2.45, 2.75) is 6.54 Å². The van der Waals surface area contributed by atoms with Crippen molar-refractivity contribution in [3.05, 3.63) is 94.6 Å². The smallest absolute Gasteiger partial charge is 0.272 e. The van der Waals surface area contributed by atoms with Gasteiger partial charge in [-0.2, -0.15) is 5.10 Å². The fourth-order valence-electron chi connectivity index (χ4n) is 3.17. The number of hydrogen-bond donors (Lipinski definition) is 2. The maximum atomic E-state index is 12.8. The maximum absolute atomic E-state index is 12.8. The number of phenolic OH excluding ortho intramolecular Hbond substituents is 1. The number of Topliss-reactive ketones (excluding diaryl/α,β-unsaturated/α-hetero) is 1. The Labute approximate surface area is 177 Å². The van der Waals surface area contributed by atoms with Crippen molar-refractivity contribution in [1.29, 1.82) is 0 Å². The molecule has 1 aromatic heterocycles. The van der Waals surface area contributed by atoms with E-state index in [-0.39, 0.29) is 23.8 Å². The molecule has 150 valence electrons. The van der Waals surface area contributed by atoms with Gasteiger partial charge in [0.2, 0.25) is 0 Å². The maximum Gasteiger partial charge on any atom is 0.272 e. The number of carbonyl (C=O) groups excluding carboxylic acids is 2. The van der Waals surface area contributed by atoms with Crippen LogP contribution in [0.15, 0.2) is 72.8 Å². The SMILES string of the molecule is O=C(CNC(=O)c1nn(Cc2ccc(Cl)cc2)c2ccccc12)c1ccc(O)cc1. The molecular weight excluding hydrogens is 402 g/mol. The fourth-order valence-corrected chi connectivity index (χ4v) is 3.30. The summed E-state index contributed by atoms with van der Waals surface area (Å²) in [6, 6.07) is 20.8. The number of halogens is 1. The molecule has 7 heteroatoms. The highest BCUT2D eigenvalue weighted by atomic mass is 35.5. The second-order valence-corrected chi connectivity index (χ2v) is 7.24. The Balaban J connectivity index is 1.54. The molecule has 0 unspecified atom stereocenters. The number of amides is 1. The third-order valence-electron chi connectivity index (χ3n) is 4.72. The highest BCUT2D eigenvalue weighted by Gasteiger charge is 2.18. The van der Waals surface area contributed by atoms with Crippen molar-refractivity contribution in [2.75, 3.05) is 6.54 Å². The number of carbonyl (C=O) groups is 2. The normalized spacial score (nSPS) is 10.8. The second-order valence-electron chi connectivity index (χ2n) is 6.80. The van der Waals surface area contributed by atoms with E-state index in [1.807, 2.05) is 48.5 Å². The minimum absolute atomic E-state index is 0.0771. The number of nitrogens with zero attached hydrogens (tertiary/aromatic N) is 2. The number of rotatable bonds is 6. The van der Waals surface area contributed by atoms with Crippen LogP contribution in [0.25, 0.3) is 10.9 Å². The zero-order valence-corrected chi connectivity index (χ0v) is 16.6. The number of nitrogens with one attached hydrogen (secondary N) is 1. The molecular formula is C23H18ClN3O3. The van der Waals surface area contributed by atoms with E-state index >= 15 is 0 Å². The van der Waals surface area contributed by atoms with Gasteiger partial charge in [0.1, 0.15) is 5.75 Å². The molecule has 0 aliphatic rings. The van der Waals surface area contributed by atoms with Gasteiger partial charge < -0.3 is 10.4 Å². The number of para-hydroxylation sites is 1. The monoisotopic (exact) mass is 419 g/mol. The van der Waals surface area contributed by atoms with Gasteiger partial charge in [0, 0.05) is 16.0 Å². The van der Waals surface area contributed by atoms with E-state index in [4.69, 9.17) is 11.6 Å². The molecule has 0 bridgehead atoms. The Bertz CT molecular complexity index is 1210. The van der Waals surface area contributed by atoms with E-state index < -0.39 is 5.91 Å². The Morgan fingerprint density at radius 1 is 0.967 bits per heavy atom. The van der Waals surface area contributed by atoms with Crippen LogP contribution in [0, 0.1) is 0 Å². The summed E-state index contributed by atoms with van der Waals surface area (Å²) >= 11 is 5.95. The molecule has 0 aliphatic carbocycles. The lowest BCUT2D eigenvalue weighted by Crippen LogP contribution is -2.30. The molecule has 6 nitrogen and oxygen atoms in total. The summed E-state index contributed by atoms with van der Waals surface area (Å²) in [6.07, 6.45) is 0. The van der Waals surface area contributed by atoms with Crippen molar-refractivity contribution >= 4 is 34.2 Å². The van der Waals surface area contributed by atoms with Crippen LogP contribution in [0.1, 0.15) is 26.4 Å². The molecule has 4 rings (SSSR count). The molecule has 0 aliphatic heterocycles. The standard InChI is InChI=1S/C23H18ClN3O3/c24-17-9-5-15(6-10-17)14-27-20-4-2-1-3-19(20)22(26-27)23(30)25-13-21(29)16-7-11-18(28)12-8-16/h1-12,28H,13-14H2,(H,25,30). The average Bonchev–Trinajstić information content (AvgIpc) is 3.12. The molecule has 4 aromatic rings. The lowest BCUT2D eigenvalue weighted by atomic mass is 10.1. The fraction of sp³-hybridized carbons (Fsp3) is 0.0870. The van der Waals surface area contributed by atoms with Gasteiger partial charge in [-0.15, -0.1) is 0 Å². The Kier molecular flexibility index (Phi) is 5.50. The predicted molar refractivity (Wildman–Crippen MR) is 115 cm³/mol. The number of hydrogen-bond acceptors (Lipinski definition) is 4. The molecule has 0 saturated heterocycles. The number of phenols is 1. The van der Waals surface area contributed by atoms with Crippen molar-refractivity contribution in [2.24, 2.45) is 0 Å². The van der Waals surface area contributed by atoms with Gasteiger partial charge >= 0.3 is 0 Å². The van der Waals surface area contributed by atoms with Crippen molar-refractivity contribution in [3.63, 3.8) is 0 Å². The van der Waals surface area contributed by atoms with E-state index in [0.717, 1.165) is 11.1 Å². The predicted octanol–water partition coefficient (Wildman–Crippen LogP) is 4.06. The molecule has 2 N–H and O–H groups in total. The Hall–Kier alpha value is -3.64. The van der Waals surface area contributed by atoms with Gasteiger partial charge in [0.25, 0.3) is 5.91 Å². The summed E-state index contributed by atoms with van der Waals surface area (Å²) in [4.78, 5) is 25.1. The van der Waals surface area contributed by atoms with Crippen LogP contribution >= 0.6 is 11.6 Å². The molecule has 1 heterocycles. The first-order valence-corrected chi connectivity index (χ1v) is 9.69. The Morgan fingerprint density at radius 3 is 2.40 bits per heavy atom. The average molecular weight is 420 g/mol.